The van der Waals surface area contributed by atoms with E-state index in [1.165, 1.54) is 0 Å². The van der Waals surface area contributed by atoms with Crippen LogP contribution in [0.4, 0.5) is 0 Å². The molecule has 1 amide bonds. The molecular weight excluding hydrogens is 380 g/mol. The Morgan fingerprint density at radius 3 is 2.48 bits per heavy atom. The number of nitrogens with zero attached hydrogens (tertiary/aromatic N) is 1. The van der Waals surface area contributed by atoms with E-state index in [0.717, 1.165) is 24.1 Å². The molecule has 0 bridgehead atoms. The maximum atomic E-state index is 12.3. The van der Waals surface area contributed by atoms with Gasteiger partial charge in [-0.2, -0.15) is 5.10 Å². The second kappa shape index (κ2) is 8.47. The molecule has 0 radical (unpaired) electrons. The first-order valence-electron chi connectivity index (χ1n) is 7.37. The van der Waals surface area contributed by atoms with Gasteiger partial charge in [-0.25, -0.2) is 0 Å². The molecule has 0 unspecified atom stereocenters. The molecule has 1 aromatic heterocycles. The smallest absolute Gasteiger partial charge is 0.270 e. The van der Waals surface area contributed by atoms with Crippen LogP contribution in [-0.4, -0.2) is 28.2 Å². The van der Waals surface area contributed by atoms with E-state index in [1.54, 1.807) is 0 Å². The zero-order chi connectivity index (χ0) is 16.2. The van der Waals surface area contributed by atoms with Crippen LogP contribution in [0.15, 0.2) is 34.8 Å². The van der Waals surface area contributed by atoms with Gasteiger partial charge in [-0.05, 0) is 28.8 Å². The normalized spacial score (nSPS) is 11.0. The van der Waals surface area contributed by atoms with Gasteiger partial charge in [0.25, 0.3) is 5.91 Å². The number of carbonyl (C=O) groups excluding carboxylic acids is 1. The van der Waals surface area contributed by atoms with Crippen LogP contribution in [0.5, 0.6) is 0 Å². The second-order valence-corrected chi connectivity index (χ2v) is 6.17. The number of benzene rings is 1. The molecule has 0 fully saturated rings. The van der Waals surface area contributed by atoms with E-state index in [1.807, 2.05) is 44.2 Å². The molecule has 126 valence electrons. The summed E-state index contributed by atoms with van der Waals surface area (Å²) in [5, 5.41) is 9.90. The van der Waals surface area contributed by atoms with E-state index in [2.05, 4.69) is 31.4 Å². The van der Waals surface area contributed by atoms with Crippen LogP contribution in [0.1, 0.15) is 37.2 Å². The van der Waals surface area contributed by atoms with Gasteiger partial charge < -0.3 is 11.1 Å². The molecule has 2 aromatic rings. The molecule has 7 heteroatoms. The van der Waals surface area contributed by atoms with Gasteiger partial charge in [0.15, 0.2) is 0 Å². The highest BCUT2D eigenvalue weighted by Gasteiger charge is 2.23. The number of H-pyrrole nitrogens is 1. The molecule has 0 aliphatic rings. The summed E-state index contributed by atoms with van der Waals surface area (Å²) in [7, 11) is 0. The lowest BCUT2D eigenvalue weighted by atomic mass is 9.94. The lowest BCUT2D eigenvalue weighted by Gasteiger charge is -2.26. The number of nitrogens with one attached hydrogen (secondary N) is 2. The average molecular weight is 402 g/mol. The zero-order valence-corrected chi connectivity index (χ0v) is 15.6. The fourth-order valence-electron chi connectivity index (χ4n) is 2.11. The Hall–Kier alpha value is -1.37. The third-order valence-corrected chi connectivity index (χ3v) is 4.76. The fraction of sp³-hybridized carbons (Fsp3) is 0.375. The topological polar surface area (TPSA) is 83.8 Å². The fourth-order valence-corrected chi connectivity index (χ4v) is 2.70. The van der Waals surface area contributed by atoms with Crippen molar-refractivity contribution in [1.82, 2.24) is 15.5 Å². The van der Waals surface area contributed by atoms with Gasteiger partial charge in [-0.1, -0.05) is 44.2 Å². The first-order chi connectivity index (χ1) is 10.5. The number of aromatic amines is 1. The number of rotatable bonds is 6. The lowest BCUT2D eigenvalue weighted by molar-refractivity contribution is 0.0936. The SMILES string of the molecule is CCC(N)(CC)CNC(=O)c1[nH]nc(-c2ccccc2)c1Br.Cl. The quantitative estimate of drug-likeness (QED) is 0.692. The van der Waals surface area contributed by atoms with Crippen molar-refractivity contribution in [2.75, 3.05) is 6.54 Å². The summed E-state index contributed by atoms with van der Waals surface area (Å²) < 4.78 is 0.659. The van der Waals surface area contributed by atoms with Crippen molar-refractivity contribution in [2.45, 2.75) is 32.2 Å². The Labute approximate surface area is 151 Å². The molecule has 1 aromatic carbocycles. The summed E-state index contributed by atoms with van der Waals surface area (Å²) in [6.07, 6.45) is 1.62. The molecule has 1 heterocycles. The summed E-state index contributed by atoms with van der Waals surface area (Å²) >= 11 is 3.46. The number of nitrogens with two attached hydrogens (primary N) is 1. The lowest BCUT2D eigenvalue weighted by Crippen LogP contribution is -2.49. The number of halogens is 2. The highest BCUT2D eigenvalue weighted by Crippen LogP contribution is 2.28. The Bertz CT molecular complexity index is 641. The molecule has 2 rings (SSSR count). The molecule has 0 atom stereocenters. The first kappa shape index (κ1) is 19.7. The van der Waals surface area contributed by atoms with Gasteiger partial charge in [0.2, 0.25) is 0 Å². The molecule has 0 saturated heterocycles. The maximum Gasteiger partial charge on any atom is 0.270 e. The van der Waals surface area contributed by atoms with Gasteiger partial charge in [-0.15, -0.1) is 12.4 Å². The van der Waals surface area contributed by atoms with Crippen LogP contribution >= 0.6 is 28.3 Å². The number of aromatic nitrogens is 2. The van der Waals surface area contributed by atoms with Crippen molar-refractivity contribution >= 4 is 34.2 Å². The molecule has 0 spiro atoms. The van der Waals surface area contributed by atoms with Gasteiger partial charge >= 0.3 is 0 Å². The Morgan fingerprint density at radius 2 is 1.91 bits per heavy atom. The largest absolute Gasteiger partial charge is 0.349 e. The van der Waals surface area contributed by atoms with Crippen LogP contribution in [0, 0.1) is 0 Å². The van der Waals surface area contributed by atoms with E-state index < -0.39 is 0 Å². The van der Waals surface area contributed by atoms with E-state index in [4.69, 9.17) is 5.73 Å². The number of amides is 1. The summed E-state index contributed by atoms with van der Waals surface area (Å²) in [6, 6.07) is 9.69. The van der Waals surface area contributed by atoms with Crippen LogP contribution in [0.25, 0.3) is 11.3 Å². The van der Waals surface area contributed by atoms with Crippen molar-refractivity contribution in [1.29, 1.82) is 0 Å². The van der Waals surface area contributed by atoms with Gasteiger partial charge in [-0.3, -0.25) is 9.89 Å². The Morgan fingerprint density at radius 1 is 1.30 bits per heavy atom. The highest BCUT2D eigenvalue weighted by molar-refractivity contribution is 9.10. The third kappa shape index (κ3) is 4.56. The predicted molar refractivity (Wildman–Crippen MR) is 98.8 cm³/mol. The van der Waals surface area contributed by atoms with E-state index in [0.29, 0.717) is 16.7 Å². The minimum absolute atomic E-state index is 0. The van der Waals surface area contributed by atoms with Crippen LogP contribution in [0.2, 0.25) is 0 Å². The molecule has 0 aliphatic carbocycles. The minimum Gasteiger partial charge on any atom is -0.349 e. The van der Waals surface area contributed by atoms with Gasteiger partial charge in [0.05, 0.1) is 4.47 Å². The van der Waals surface area contributed by atoms with Crippen molar-refractivity contribution in [3.05, 3.63) is 40.5 Å². The minimum atomic E-state index is -0.371. The molecular formula is C16H22BrClN4O. The van der Waals surface area contributed by atoms with Crippen molar-refractivity contribution < 1.29 is 4.79 Å². The van der Waals surface area contributed by atoms with Crippen molar-refractivity contribution in [3.63, 3.8) is 0 Å². The number of hydrogen-bond acceptors (Lipinski definition) is 3. The summed E-state index contributed by atoms with van der Waals surface area (Å²) in [6.45, 7) is 4.48. The second-order valence-electron chi connectivity index (χ2n) is 5.38. The van der Waals surface area contributed by atoms with Gasteiger partial charge in [0, 0.05) is 17.6 Å². The maximum absolute atomic E-state index is 12.3. The molecule has 23 heavy (non-hydrogen) atoms. The van der Waals surface area contributed by atoms with E-state index >= 15 is 0 Å². The van der Waals surface area contributed by atoms with Crippen LogP contribution in [0.3, 0.4) is 0 Å². The summed E-state index contributed by atoms with van der Waals surface area (Å²) in [5.41, 5.74) is 7.91. The molecule has 0 aliphatic heterocycles. The monoisotopic (exact) mass is 400 g/mol. The standard InChI is InChI=1S/C16H21BrN4O.ClH/c1-3-16(18,4-2)10-19-15(22)14-12(17)13(20-21-14)11-8-6-5-7-9-11;/h5-9H,3-4,10,18H2,1-2H3,(H,19,22)(H,20,21);1H. The van der Waals surface area contributed by atoms with E-state index in [9.17, 15) is 4.79 Å². The summed E-state index contributed by atoms with van der Waals surface area (Å²) in [4.78, 5) is 12.3. The molecule has 5 nitrogen and oxygen atoms in total. The Balaban J connectivity index is 0.00000264. The zero-order valence-electron chi connectivity index (χ0n) is 13.2. The highest BCUT2D eigenvalue weighted by atomic mass is 79.9. The van der Waals surface area contributed by atoms with E-state index in [-0.39, 0.29) is 23.9 Å². The van der Waals surface area contributed by atoms with Crippen LogP contribution in [-0.2, 0) is 0 Å². The summed E-state index contributed by atoms with van der Waals surface area (Å²) in [5.74, 6) is -0.210. The van der Waals surface area contributed by atoms with Crippen LogP contribution < -0.4 is 11.1 Å². The third-order valence-electron chi connectivity index (χ3n) is 3.99. The first-order valence-corrected chi connectivity index (χ1v) is 8.16. The number of hydrogen-bond donors (Lipinski definition) is 3. The van der Waals surface area contributed by atoms with Gasteiger partial charge in [0.1, 0.15) is 11.4 Å². The predicted octanol–water partition coefficient (Wildman–Crippen LogP) is 3.51. The molecule has 4 N–H and O–H groups in total. The Kier molecular flexibility index (Phi) is 7.25. The van der Waals surface area contributed by atoms with Crippen molar-refractivity contribution in [3.8, 4) is 11.3 Å². The number of carbonyl (C=O) groups is 1. The molecule has 0 saturated carbocycles. The average Bonchev–Trinajstić information content (AvgIpc) is 2.95. The van der Waals surface area contributed by atoms with Crippen molar-refractivity contribution in [2.24, 2.45) is 5.73 Å².